The van der Waals surface area contributed by atoms with Crippen LogP contribution in [-0.4, -0.2) is 35.7 Å². The van der Waals surface area contributed by atoms with E-state index in [4.69, 9.17) is 21.3 Å². The van der Waals surface area contributed by atoms with Crippen LogP contribution in [0.25, 0.3) is 28.3 Å². The monoisotopic (exact) mass is 616 g/mol. The second kappa shape index (κ2) is 11.8. The van der Waals surface area contributed by atoms with Crippen LogP contribution in [0.2, 0.25) is 5.02 Å². The summed E-state index contributed by atoms with van der Waals surface area (Å²) in [6, 6.07) is 11.4. The van der Waals surface area contributed by atoms with Crippen molar-refractivity contribution in [1.29, 1.82) is 5.26 Å². The van der Waals surface area contributed by atoms with Crippen molar-refractivity contribution in [1.82, 2.24) is 29.8 Å². The number of anilines is 1. The number of carbonyl (C=O) groups excluding carboxylic acids is 1. The van der Waals surface area contributed by atoms with E-state index in [1.165, 1.54) is 35.6 Å². The highest BCUT2D eigenvalue weighted by atomic mass is 35.5. The first-order chi connectivity index (χ1) is 21.2. The Balaban J connectivity index is 1.44. The SMILES string of the molecule is C[C@@H]1CCCC(c2coc(-c3cc(Cl)ccc3-n3cc(C#N)nn3)cc2=O)c2cc(ccn2)-c2c(cnn2C(F)F)NC1=O. The fourth-order valence-electron chi connectivity index (χ4n) is 5.31. The molecule has 44 heavy (non-hydrogen) atoms. The Morgan fingerprint density at radius 3 is 2.77 bits per heavy atom. The topological polar surface area (TPSA) is 145 Å². The summed E-state index contributed by atoms with van der Waals surface area (Å²) in [6.45, 7) is -1.20. The third kappa shape index (κ3) is 5.47. The minimum atomic E-state index is -2.95. The second-order valence-corrected chi connectivity index (χ2v) is 10.8. The smallest absolute Gasteiger partial charge is 0.333 e. The molecule has 1 aliphatic heterocycles. The minimum absolute atomic E-state index is 0.0343. The maximum absolute atomic E-state index is 13.9. The summed E-state index contributed by atoms with van der Waals surface area (Å²) in [5.74, 6) is -1.10. The van der Waals surface area contributed by atoms with Gasteiger partial charge in [-0.05, 0) is 43.2 Å². The second-order valence-electron chi connectivity index (χ2n) is 10.4. The van der Waals surface area contributed by atoms with Crippen molar-refractivity contribution in [2.45, 2.75) is 38.7 Å². The predicted octanol–water partition coefficient (Wildman–Crippen LogP) is 5.96. The first kappa shape index (κ1) is 28.9. The van der Waals surface area contributed by atoms with Crippen LogP contribution in [-0.2, 0) is 4.79 Å². The molecule has 5 heterocycles. The Labute approximate surface area is 253 Å². The van der Waals surface area contributed by atoms with Crippen molar-refractivity contribution in [2.24, 2.45) is 5.92 Å². The van der Waals surface area contributed by atoms with Gasteiger partial charge in [0.25, 0.3) is 0 Å². The summed E-state index contributed by atoms with van der Waals surface area (Å²) in [5.41, 5.74) is 2.03. The van der Waals surface area contributed by atoms with Gasteiger partial charge >= 0.3 is 6.55 Å². The Morgan fingerprint density at radius 1 is 1.18 bits per heavy atom. The van der Waals surface area contributed by atoms with Gasteiger partial charge in [0.2, 0.25) is 5.91 Å². The highest BCUT2D eigenvalue weighted by Gasteiger charge is 2.27. The van der Waals surface area contributed by atoms with Crippen LogP contribution in [0.3, 0.4) is 0 Å². The van der Waals surface area contributed by atoms with E-state index in [1.54, 1.807) is 37.3 Å². The molecule has 4 aromatic heterocycles. The highest BCUT2D eigenvalue weighted by Crippen LogP contribution is 2.37. The molecule has 0 aliphatic carbocycles. The molecule has 2 bridgehead atoms. The summed E-state index contributed by atoms with van der Waals surface area (Å²) in [5, 5.41) is 23.9. The maximum Gasteiger partial charge on any atom is 0.333 e. The van der Waals surface area contributed by atoms with Crippen molar-refractivity contribution in [3.05, 3.63) is 93.4 Å². The van der Waals surface area contributed by atoms with E-state index in [-0.39, 0.29) is 34.2 Å². The molecule has 5 aromatic rings. The number of hydrogen-bond donors (Lipinski definition) is 1. The number of nitrogens with one attached hydrogen (secondary N) is 1. The molecule has 0 spiro atoms. The average molecular weight is 617 g/mol. The van der Waals surface area contributed by atoms with Crippen LogP contribution in [0, 0.1) is 17.2 Å². The number of halogens is 3. The van der Waals surface area contributed by atoms with E-state index < -0.39 is 18.4 Å². The van der Waals surface area contributed by atoms with Gasteiger partial charge in [0.1, 0.15) is 11.8 Å². The Bertz CT molecular complexity index is 1980. The largest absolute Gasteiger partial charge is 0.464 e. The molecule has 2 atom stereocenters. The summed E-state index contributed by atoms with van der Waals surface area (Å²) in [4.78, 5) is 31.1. The fraction of sp³-hybridized carbons (Fsp3) is 0.233. The number of pyridine rings is 1. The van der Waals surface area contributed by atoms with Gasteiger partial charge in [-0.2, -0.15) is 19.1 Å². The summed E-state index contributed by atoms with van der Waals surface area (Å²) < 4.78 is 35.8. The number of amides is 1. The van der Waals surface area contributed by atoms with Crippen molar-refractivity contribution < 1.29 is 18.0 Å². The van der Waals surface area contributed by atoms with Gasteiger partial charge in [0.05, 0.1) is 35.7 Å². The van der Waals surface area contributed by atoms with Gasteiger partial charge in [-0.1, -0.05) is 30.2 Å². The van der Waals surface area contributed by atoms with E-state index in [1.807, 2.05) is 6.07 Å². The lowest BCUT2D eigenvalue weighted by Gasteiger charge is -2.20. The fourth-order valence-corrected chi connectivity index (χ4v) is 5.48. The Hall–Kier alpha value is -5.22. The first-order valence-electron chi connectivity index (χ1n) is 13.6. The molecule has 1 aliphatic rings. The van der Waals surface area contributed by atoms with Gasteiger partial charge in [-0.3, -0.25) is 14.6 Å². The standard InChI is InChI=1S/C30H23ClF2N8O3/c1-16-3-2-4-20(23-9-17(7-8-35-23)28-24(37-29(16)43)13-36-41(28)30(32)33)22-15-44-27(11-26(22)42)21-10-18(31)5-6-25(21)40-14-19(12-34)38-39-40/h5-11,13-16,20,30H,2-4H2,1H3,(H,37,43)/t16-,20?/m1/s1. The molecule has 6 rings (SSSR count). The number of rotatable bonds is 4. The number of benzene rings is 1. The number of aromatic nitrogens is 6. The van der Waals surface area contributed by atoms with Crippen LogP contribution >= 0.6 is 11.6 Å². The number of fused-ring (bicyclic) bond motifs is 4. The zero-order chi connectivity index (χ0) is 31.0. The average Bonchev–Trinajstić information content (AvgIpc) is 3.67. The van der Waals surface area contributed by atoms with E-state index in [0.29, 0.717) is 57.0 Å². The molecule has 222 valence electrons. The van der Waals surface area contributed by atoms with Gasteiger partial charge in [-0.25, -0.2) is 9.36 Å². The molecule has 0 saturated carbocycles. The molecule has 1 amide bonds. The van der Waals surface area contributed by atoms with Crippen molar-refractivity contribution >= 4 is 23.2 Å². The molecule has 11 nitrogen and oxygen atoms in total. The molecular formula is C30H23ClF2N8O3. The van der Waals surface area contributed by atoms with Crippen molar-refractivity contribution in [3.63, 3.8) is 0 Å². The van der Waals surface area contributed by atoms with E-state index in [9.17, 15) is 18.4 Å². The Morgan fingerprint density at radius 2 is 2.02 bits per heavy atom. The quantitative estimate of drug-likeness (QED) is 0.260. The normalized spacial score (nSPS) is 16.9. The maximum atomic E-state index is 13.9. The van der Waals surface area contributed by atoms with Crippen LogP contribution in [0.1, 0.15) is 55.6 Å². The van der Waals surface area contributed by atoms with Crippen LogP contribution in [0.4, 0.5) is 14.5 Å². The molecule has 0 fully saturated rings. The number of nitriles is 1. The summed E-state index contributed by atoms with van der Waals surface area (Å²) in [6.07, 6.45) is 6.97. The molecule has 1 unspecified atom stereocenters. The number of carbonyl (C=O) groups is 1. The number of hydrogen-bond acceptors (Lipinski definition) is 8. The van der Waals surface area contributed by atoms with Gasteiger partial charge in [-0.15, -0.1) is 5.10 Å². The van der Waals surface area contributed by atoms with E-state index >= 15 is 0 Å². The van der Waals surface area contributed by atoms with Gasteiger partial charge < -0.3 is 9.73 Å². The van der Waals surface area contributed by atoms with Crippen molar-refractivity contribution in [3.8, 4) is 34.3 Å². The van der Waals surface area contributed by atoms with Crippen LogP contribution < -0.4 is 10.7 Å². The summed E-state index contributed by atoms with van der Waals surface area (Å²) >= 11 is 6.28. The Kier molecular flexibility index (Phi) is 7.75. The van der Waals surface area contributed by atoms with Gasteiger partial charge in [0, 0.05) is 51.5 Å². The minimum Gasteiger partial charge on any atom is -0.464 e. The zero-order valence-electron chi connectivity index (χ0n) is 23.1. The molecular weight excluding hydrogens is 594 g/mol. The lowest BCUT2D eigenvalue weighted by atomic mass is 9.88. The number of nitrogens with zero attached hydrogens (tertiary/aromatic N) is 7. The van der Waals surface area contributed by atoms with Crippen LogP contribution in [0.15, 0.2) is 70.5 Å². The van der Waals surface area contributed by atoms with Gasteiger partial charge in [0.15, 0.2) is 11.1 Å². The molecule has 1 aromatic carbocycles. The molecule has 0 saturated heterocycles. The van der Waals surface area contributed by atoms with Crippen molar-refractivity contribution in [2.75, 3.05) is 5.32 Å². The zero-order valence-corrected chi connectivity index (χ0v) is 23.9. The molecule has 1 N–H and O–H groups in total. The highest BCUT2D eigenvalue weighted by molar-refractivity contribution is 6.31. The third-order valence-electron chi connectivity index (χ3n) is 7.54. The number of alkyl halides is 2. The third-order valence-corrected chi connectivity index (χ3v) is 7.78. The lowest BCUT2D eigenvalue weighted by Crippen LogP contribution is -2.22. The van der Waals surface area contributed by atoms with Crippen LogP contribution in [0.5, 0.6) is 0 Å². The first-order valence-corrected chi connectivity index (χ1v) is 14.0. The molecule has 14 heteroatoms. The predicted molar refractivity (Wildman–Crippen MR) is 155 cm³/mol. The molecule has 0 radical (unpaired) electrons. The lowest BCUT2D eigenvalue weighted by molar-refractivity contribution is -0.119. The van der Waals surface area contributed by atoms with E-state index in [0.717, 1.165) is 0 Å². The van der Waals surface area contributed by atoms with E-state index in [2.05, 4.69) is 25.7 Å². The summed E-state index contributed by atoms with van der Waals surface area (Å²) in [7, 11) is 0.